The topological polar surface area (TPSA) is 72.7 Å². The van der Waals surface area contributed by atoms with E-state index in [9.17, 15) is 4.79 Å². The first-order valence-electron chi connectivity index (χ1n) is 9.27. The smallest absolute Gasteiger partial charge is 0.231 e. The third-order valence-electron chi connectivity index (χ3n) is 4.42. The maximum absolute atomic E-state index is 12.8. The molecule has 6 nitrogen and oxygen atoms in total. The van der Waals surface area contributed by atoms with Crippen molar-refractivity contribution in [1.82, 2.24) is 25.5 Å². The highest BCUT2D eigenvalue weighted by Crippen LogP contribution is 2.24. The lowest BCUT2D eigenvalue weighted by molar-refractivity contribution is -0.119. The average molecular weight is 436 g/mol. The van der Waals surface area contributed by atoms with Crippen LogP contribution in [0.2, 0.25) is 5.02 Å². The fourth-order valence-corrected chi connectivity index (χ4v) is 3.82. The van der Waals surface area contributed by atoms with Gasteiger partial charge in [-0.2, -0.15) is 4.68 Å². The van der Waals surface area contributed by atoms with Crippen molar-refractivity contribution in [2.45, 2.75) is 11.2 Å². The first-order chi connectivity index (χ1) is 14.7. The van der Waals surface area contributed by atoms with Gasteiger partial charge in [0.1, 0.15) is 0 Å². The molecular formula is C22H18ClN5OS. The average Bonchev–Trinajstić information content (AvgIpc) is 3.27. The second kappa shape index (κ2) is 9.56. The third kappa shape index (κ3) is 4.87. The van der Waals surface area contributed by atoms with Crippen LogP contribution in [0, 0.1) is 0 Å². The van der Waals surface area contributed by atoms with Crippen molar-refractivity contribution in [1.29, 1.82) is 0 Å². The number of aromatic nitrogens is 4. The van der Waals surface area contributed by atoms with Crippen molar-refractivity contribution in [3.63, 3.8) is 0 Å². The van der Waals surface area contributed by atoms with Gasteiger partial charge in [-0.1, -0.05) is 84.0 Å². The predicted octanol–water partition coefficient (Wildman–Crippen LogP) is 4.31. The fourth-order valence-electron chi connectivity index (χ4n) is 2.99. The summed E-state index contributed by atoms with van der Waals surface area (Å²) in [6.07, 6.45) is 0. The molecule has 0 saturated heterocycles. The highest BCUT2D eigenvalue weighted by Gasteiger charge is 2.18. The molecule has 1 unspecified atom stereocenters. The Bertz CT molecular complexity index is 1100. The number of tetrazole rings is 1. The van der Waals surface area contributed by atoms with Crippen LogP contribution in [-0.2, 0) is 4.79 Å². The number of carbonyl (C=O) groups is 1. The van der Waals surface area contributed by atoms with Crippen LogP contribution in [-0.4, -0.2) is 31.9 Å². The number of para-hydroxylation sites is 1. The molecular weight excluding hydrogens is 418 g/mol. The van der Waals surface area contributed by atoms with Crippen LogP contribution in [0.1, 0.15) is 17.2 Å². The molecule has 1 amide bonds. The lowest BCUT2D eigenvalue weighted by atomic mass is 9.99. The maximum Gasteiger partial charge on any atom is 0.231 e. The zero-order valence-electron chi connectivity index (χ0n) is 15.9. The van der Waals surface area contributed by atoms with Gasteiger partial charge in [0.05, 0.1) is 17.5 Å². The Morgan fingerprint density at radius 2 is 1.57 bits per heavy atom. The molecule has 0 spiro atoms. The minimum absolute atomic E-state index is 0.119. The minimum Gasteiger partial charge on any atom is -0.344 e. The molecule has 0 aliphatic rings. The van der Waals surface area contributed by atoms with E-state index in [1.54, 1.807) is 4.68 Å². The van der Waals surface area contributed by atoms with Gasteiger partial charge >= 0.3 is 0 Å². The van der Waals surface area contributed by atoms with Gasteiger partial charge in [-0.05, 0) is 45.8 Å². The summed E-state index contributed by atoms with van der Waals surface area (Å²) in [5.74, 6) is 0.0656. The molecule has 1 heterocycles. The molecule has 1 aromatic heterocycles. The summed E-state index contributed by atoms with van der Waals surface area (Å²) >= 11 is 7.31. The summed E-state index contributed by atoms with van der Waals surface area (Å²) in [4.78, 5) is 12.8. The van der Waals surface area contributed by atoms with Crippen molar-refractivity contribution in [2.75, 3.05) is 5.75 Å². The molecule has 30 heavy (non-hydrogen) atoms. The highest BCUT2D eigenvalue weighted by molar-refractivity contribution is 7.99. The largest absolute Gasteiger partial charge is 0.344 e. The summed E-state index contributed by atoms with van der Waals surface area (Å²) in [5.41, 5.74) is 2.79. The molecule has 0 radical (unpaired) electrons. The second-order valence-corrected chi connectivity index (χ2v) is 7.84. The van der Waals surface area contributed by atoms with Gasteiger partial charge in [0.15, 0.2) is 0 Å². The summed E-state index contributed by atoms with van der Waals surface area (Å²) in [6.45, 7) is 0. The van der Waals surface area contributed by atoms with E-state index in [4.69, 9.17) is 11.6 Å². The molecule has 0 fully saturated rings. The minimum atomic E-state index is -0.276. The monoisotopic (exact) mass is 435 g/mol. The first kappa shape index (κ1) is 20.1. The van der Waals surface area contributed by atoms with Crippen LogP contribution in [0.15, 0.2) is 90.1 Å². The Kier molecular flexibility index (Phi) is 6.41. The van der Waals surface area contributed by atoms with Gasteiger partial charge in [0.25, 0.3) is 0 Å². The summed E-state index contributed by atoms with van der Waals surface area (Å²) < 4.78 is 1.62. The summed E-state index contributed by atoms with van der Waals surface area (Å²) in [6, 6.07) is 26.6. The zero-order chi connectivity index (χ0) is 20.8. The van der Waals surface area contributed by atoms with E-state index in [0.717, 1.165) is 16.8 Å². The number of nitrogens with zero attached hydrogens (tertiary/aromatic N) is 4. The van der Waals surface area contributed by atoms with Gasteiger partial charge < -0.3 is 5.32 Å². The maximum atomic E-state index is 12.8. The van der Waals surface area contributed by atoms with E-state index in [1.807, 2.05) is 84.9 Å². The van der Waals surface area contributed by atoms with Crippen LogP contribution >= 0.6 is 23.4 Å². The standard InChI is InChI=1S/C22H18ClN5OS/c23-18-13-11-17(12-14-18)21(16-7-3-1-4-8-16)24-20(29)15-30-22-25-26-27-28(22)19-9-5-2-6-10-19/h1-14,21H,15H2,(H,24,29). The zero-order valence-corrected chi connectivity index (χ0v) is 17.4. The Hall–Kier alpha value is -3.16. The van der Waals surface area contributed by atoms with Crippen molar-refractivity contribution >= 4 is 29.3 Å². The van der Waals surface area contributed by atoms with Crippen LogP contribution in [0.3, 0.4) is 0 Å². The van der Waals surface area contributed by atoms with E-state index >= 15 is 0 Å². The number of carbonyl (C=O) groups excluding carboxylic acids is 1. The van der Waals surface area contributed by atoms with E-state index in [1.165, 1.54) is 11.8 Å². The van der Waals surface area contributed by atoms with E-state index in [-0.39, 0.29) is 17.7 Å². The van der Waals surface area contributed by atoms with Crippen molar-refractivity contribution < 1.29 is 4.79 Å². The van der Waals surface area contributed by atoms with Gasteiger partial charge in [0, 0.05) is 5.02 Å². The molecule has 150 valence electrons. The lowest BCUT2D eigenvalue weighted by Crippen LogP contribution is -2.30. The Balaban J connectivity index is 1.48. The number of benzene rings is 3. The second-order valence-electron chi connectivity index (χ2n) is 6.46. The van der Waals surface area contributed by atoms with Gasteiger partial charge in [-0.15, -0.1) is 5.10 Å². The normalized spacial score (nSPS) is 11.8. The van der Waals surface area contributed by atoms with Crippen molar-refractivity contribution in [3.05, 3.63) is 101 Å². The summed E-state index contributed by atoms with van der Waals surface area (Å²) in [5, 5.41) is 16.1. The summed E-state index contributed by atoms with van der Waals surface area (Å²) in [7, 11) is 0. The first-order valence-corrected chi connectivity index (χ1v) is 10.6. The van der Waals surface area contributed by atoms with Crippen LogP contribution < -0.4 is 5.32 Å². The van der Waals surface area contributed by atoms with Crippen LogP contribution in [0.25, 0.3) is 5.69 Å². The number of nitrogens with one attached hydrogen (secondary N) is 1. The molecule has 8 heteroatoms. The number of halogens is 1. The fraction of sp³-hybridized carbons (Fsp3) is 0.0909. The predicted molar refractivity (Wildman–Crippen MR) is 118 cm³/mol. The molecule has 3 aromatic carbocycles. The Morgan fingerprint density at radius 3 is 2.27 bits per heavy atom. The molecule has 0 bridgehead atoms. The van der Waals surface area contributed by atoms with Gasteiger partial charge in [-0.25, -0.2) is 0 Å². The van der Waals surface area contributed by atoms with Crippen LogP contribution in [0.5, 0.6) is 0 Å². The van der Waals surface area contributed by atoms with E-state index in [2.05, 4.69) is 20.8 Å². The van der Waals surface area contributed by atoms with Crippen molar-refractivity contribution in [3.8, 4) is 5.69 Å². The molecule has 0 aliphatic carbocycles. The molecule has 0 aliphatic heterocycles. The number of amides is 1. The molecule has 4 aromatic rings. The van der Waals surface area contributed by atoms with Gasteiger partial charge in [0.2, 0.25) is 11.1 Å². The van der Waals surface area contributed by atoms with E-state index < -0.39 is 0 Å². The Morgan fingerprint density at radius 1 is 0.933 bits per heavy atom. The van der Waals surface area contributed by atoms with E-state index in [0.29, 0.717) is 10.2 Å². The number of hydrogen-bond donors (Lipinski definition) is 1. The Labute approximate surface area is 183 Å². The molecule has 1 N–H and O–H groups in total. The number of hydrogen-bond acceptors (Lipinski definition) is 5. The quantitative estimate of drug-likeness (QED) is 0.438. The van der Waals surface area contributed by atoms with Crippen LogP contribution in [0.4, 0.5) is 0 Å². The number of thioether (sulfide) groups is 1. The van der Waals surface area contributed by atoms with Crippen molar-refractivity contribution in [2.24, 2.45) is 0 Å². The highest BCUT2D eigenvalue weighted by atomic mass is 35.5. The lowest BCUT2D eigenvalue weighted by Gasteiger charge is -2.20. The molecule has 0 saturated carbocycles. The number of rotatable bonds is 7. The molecule has 1 atom stereocenters. The SMILES string of the molecule is O=C(CSc1nnnn1-c1ccccc1)NC(c1ccccc1)c1ccc(Cl)cc1. The third-order valence-corrected chi connectivity index (χ3v) is 5.59. The van der Waals surface area contributed by atoms with Gasteiger partial charge in [-0.3, -0.25) is 4.79 Å². The molecule has 4 rings (SSSR count).